The molecule has 7 heteroatoms. The van der Waals surface area contributed by atoms with E-state index in [1.807, 2.05) is 0 Å². The topological polar surface area (TPSA) is 107 Å². The minimum atomic E-state index is -0.927. The molecule has 0 aliphatic rings. The molecular formula is C9H18N4O3. The van der Waals surface area contributed by atoms with Crippen LogP contribution in [0.2, 0.25) is 0 Å². The Bertz CT molecular complexity index is 281. The third-order valence-electron chi connectivity index (χ3n) is 1.65. The van der Waals surface area contributed by atoms with Gasteiger partial charge in [0.25, 0.3) is 0 Å². The summed E-state index contributed by atoms with van der Waals surface area (Å²) < 4.78 is 5.00. The van der Waals surface area contributed by atoms with Gasteiger partial charge in [0.15, 0.2) is 0 Å². The monoisotopic (exact) mass is 230 g/mol. The van der Waals surface area contributed by atoms with Gasteiger partial charge in [0.1, 0.15) is 5.60 Å². The van der Waals surface area contributed by atoms with Gasteiger partial charge in [0.05, 0.1) is 18.7 Å². The number of amides is 1. The highest BCUT2D eigenvalue weighted by Crippen LogP contribution is 2.07. The third-order valence-corrected chi connectivity index (χ3v) is 1.65. The van der Waals surface area contributed by atoms with Gasteiger partial charge in [-0.1, -0.05) is 5.11 Å². The molecule has 0 aliphatic carbocycles. The second kappa shape index (κ2) is 6.19. The Balaban J connectivity index is 4.08. The van der Waals surface area contributed by atoms with Crippen molar-refractivity contribution in [2.45, 2.75) is 45.4 Å². The first kappa shape index (κ1) is 14.5. The molecule has 7 nitrogen and oxygen atoms in total. The van der Waals surface area contributed by atoms with Crippen molar-refractivity contribution >= 4 is 6.09 Å². The van der Waals surface area contributed by atoms with Crippen molar-refractivity contribution in [3.8, 4) is 0 Å². The van der Waals surface area contributed by atoms with Crippen LogP contribution in [-0.2, 0) is 4.74 Å². The van der Waals surface area contributed by atoms with Crippen LogP contribution < -0.4 is 5.32 Å². The van der Waals surface area contributed by atoms with E-state index in [1.54, 1.807) is 27.7 Å². The molecule has 0 aliphatic heterocycles. The molecule has 0 saturated heterocycles. The van der Waals surface area contributed by atoms with E-state index in [0.29, 0.717) is 0 Å². The van der Waals surface area contributed by atoms with E-state index < -0.39 is 23.8 Å². The molecule has 92 valence electrons. The van der Waals surface area contributed by atoms with Gasteiger partial charge in [0, 0.05) is 4.91 Å². The number of carbonyl (C=O) groups excluding carboxylic acids is 1. The number of ether oxygens (including phenoxy) is 1. The number of carbonyl (C=O) groups is 1. The van der Waals surface area contributed by atoms with Crippen LogP contribution in [0, 0.1) is 0 Å². The summed E-state index contributed by atoms with van der Waals surface area (Å²) in [6.45, 7) is 6.74. The zero-order valence-electron chi connectivity index (χ0n) is 9.97. The molecule has 0 radical (unpaired) electrons. The number of rotatable bonds is 4. The van der Waals surface area contributed by atoms with Crippen LogP contribution in [0.3, 0.4) is 0 Å². The van der Waals surface area contributed by atoms with Crippen molar-refractivity contribution in [2.24, 2.45) is 5.11 Å². The van der Waals surface area contributed by atoms with Crippen LogP contribution in [0.25, 0.3) is 10.4 Å². The van der Waals surface area contributed by atoms with Crippen molar-refractivity contribution in [2.75, 3.05) is 6.54 Å². The summed E-state index contributed by atoms with van der Waals surface area (Å²) >= 11 is 0. The van der Waals surface area contributed by atoms with Crippen LogP contribution >= 0.6 is 0 Å². The predicted octanol–water partition coefficient (Wildman–Crippen LogP) is 1.57. The van der Waals surface area contributed by atoms with Crippen molar-refractivity contribution in [3.63, 3.8) is 0 Å². The zero-order chi connectivity index (χ0) is 12.8. The molecule has 1 amide bonds. The zero-order valence-corrected chi connectivity index (χ0v) is 9.97. The maximum atomic E-state index is 11.3. The summed E-state index contributed by atoms with van der Waals surface area (Å²) in [5.41, 5.74) is 7.48. The Morgan fingerprint density at radius 3 is 2.62 bits per heavy atom. The lowest BCUT2D eigenvalue weighted by Crippen LogP contribution is -2.44. The van der Waals surface area contributed by atoms with E-state index in [4.69, 9.17) is 10.3 Å². The molecule has 0 fully saturated rings. The normalized spacial score (nSPS) is 14.6. The summed E-state index contributed by atoms with van der Waals surface area (Å²) in [6.07, 6.45) is -1.54. The van der Waals surface area contributed by atoms with Crippen molar-refractivity contribution in [1.29, 1.82) is 0 Å². The van der Waals surface area contributed by atoms with E-state index in [0.717, 1.165) is 0 Å². The molecule has 0 saturated carbocycles. The Morgan fingerprint density at radius 1 is 1.62 bits per heavy atom. The summed E-state index contributed by atoms with van der Waals surface area (Å²) in [7, 11) is 0. The Morgan fingerprint density at radius 2 is 2.19 bits per heavy atom. The standard InChI is InChI=1S/C9H18N4O3/c1-6(7(14)5-11-13-10)12-8(15)16-9(2,3)4/h6-7,14H,5H2,1-4H3,(H,12,15)/t6-,7-/m0/s1. The second-order valence-electron chi connectivity index (χ2n) is 4.42. The fourth-order valence-electron chi connectivity index (χ4n) is 0.868. The fraction of sp³-hybridized carbons (Fsp3) is 0.889. The van der Waals surface area contributed by atoms with Gasteiger partial charge in [0.2, 0.25) is 0 Å². The average molecular weight is 230 g/mol. The fourth-order valence-corrected chi connectivity index (χ4v) is 0.868. The number of aliphatic hydroxyl groups is 1. The summed E-state index contributed by atoms with van der Waals surface area (Å²) in [5, 5.41) is 15.1. The highest BCUT2D eigenvalue weighted by Gasteiger charge is 2.20. The number of nitrogens with zero attached hydrogens (tertiary/aromatic N) is 3. The largest absolute Gasteiger partial charge is 0.444 e. The molecule has 0 bridgehead atoms. The molecule has 0 rings (SSSR count). The Hall–Kier alpha value is -1.46. The van der Waals surface area contributed by atoms with E-state index >= 15 is 0 Å². The average Bonchev–Trinajstić information content (AvgIpc) is 2.10. The lowest BCUT2D eigenvalue weighted by Gasteiger charge is -2.23. The molecule has 0 aromatic carbocycles. The number of hydrogen-bond donors (Lipinski definition) is 2. The molecule has 0 heterocycles. The lowest BCUT2D eigenvalue weighted by atomic mass is 10.2. The van der Waals surface area contributed by atoms with Crippen molar-refractivity contribution < 1.29 is 14.6 Å². The quantitative estimate of drug-likeness (QED) is 0.434. The Kier molecular flexibility index (Phi) is 5.63. The number of nitrogens with one attached hydrogen (secondary N) is 1. The van der Waals surface area contributed by atoms with Crippen LogP contribution in [0.4, 0.5) is 4.79 Å². The molecule has 0 unspecified atom stereocenters. The molecule has 0 spiro atoms. The van der Waals surface area contributed by atoms with E-state index in [2.05, 4.69) is 15.3 Å². The van der Waals surface area contributed by atoms with Gasteiger partial charge in [-0.25, -0.2) is 4.79 Å². The first-order chi connectivity index (χ1) is 7.26. The summed E-state index contributed by atoms with van der Waals surface area (Å²) in [4.78, 5) is 13.8. The molecule has 2 atom stereocenters. The maximum absolute atomic E-state index is 11.3. The molecule has 0 aromatic heterocycles. The van der Waals surface area contributed by atoms with Gasteiger partial charge < -0.3 is 15.2 Å². The van der Waals surface area contributed by atoms with Crippen molar-refractivity contribution in [3.05, 3.63) is 10.4 Å². The van der Waals surface area contributed by atoms with Gasteiger partial charge in [-0.2, -0.15) is 0 Å². The van der Waals surface area contributed by atoms with Crippen LogP contribution in [0.5, 0.6) is 0 Å². The molecule has 0 aromatic rings. The van der Waals surface area contributed by atoms with Gasteiger partial charge in [-0.05, 0) is 33.2 Å². The highest BCUT2D eigenvalue weighted by atomic mass is 16.6. The minimum absolute atomic E-state index is 0.0898. The van der Waals surface area contributed by atoms with E-state index in [-0.39, 0.29) is 6.54 Å². The van der Waals surface area contributed by atoms with Crippen LogP contribution in [0.15, 0.2) is 5.11 Å². The Labute approximate surface area is 94.4 Å². The van der Waals surface area contributed by atoms with Crippen LogP contribution in [-0.4, -0.2) is 35.5 Å². The highest BCUT2D eigenvalue weighted by molar-refractivity contribution is 5.68. The first-order valence-corrected chi connectivity index (χ1v) is 4.94. The van der Waals surface area contributed by atoms with E-state index in [1.165, 1.54) is 0 Å². The summed E-state index contributed by atoms with van der Waals surface area (Å²) in [6, 6.07) is -0.541. The number of hydrogen-bond acceptors (Lipinski definition) is 4. The SMILES string of the molecule is C[C@H](NC(=O)OC(C)(C)C)[C@@H](O)CN=[N+]=[N-]. The van der Waals surface area contributed by atoms with Crippen molar-refractivity contribution in [1.82, 2.24) is 5.32 Å². The molecule has 16 heavy (non-hydrogen) atoms. The third kappa shape index (κ3) is 6.92. The smallest absolute Gasteiger partial charge is 0.407 e. The predicted molar refractivity (Wildman–Crippen MR) is 58.9 cm³/mol. The number of alkyl carbamates (subject to hydrolysis) is 1. The van der Waals surface area contributed by atoms with E-state index in [9.17, 15) is 9.90 Å². The summed E-state index contributed by atoms with van der Waals surface area (Å²) in [5.74, 6) is 0. The molecule has 2 N–H and O–H groups in total. The van der Waals surface area contributed by atoms with Crippen LogP contribution in [0.1, 0.15) is 27.7 Å². The molecular weight excluding hydrogens is 212 g/mol. The lowest BCUT2D eigenvalue weighted by molar-refractivity contribution is 0.0443. The number of aliphatic hydroxyl groups excluding tert-OH is 1. The van der Waals surface area contributed by atoms with Gasteiger partial charge in [-0.15, -0.1) is 0 Å². The van der Waals surface area contributed by atoms with Gasteiger partial charge in [-0.3, -0.25) is 0 Å². The van der Waals surface area contributed by atoms with Gasteiger partial charge >= 0.3 is 6.09 Å². The number of azide groups is 1. The maximum Gasteiger partial charge on any atom is 0.407 e. The second-order valence-corrected chi connectivity index (χ2v) is 4.42. The minimum Gasteiger partial charge on any atom is -0.444 e. The first-order valence-electron chi connectivity index (χ1n) is 4.94.